The first kappa shape index (κ1) is 15.0. The largest absolute Gasteiger partial charge is 0.340 e. The maximum absolute atomic E-state index is 2.62. The van der Waals surface area contributed by atoms with Crippen molar-refractivity contribution < 1.29 is 0 Å². The fraction of sp³-hybridized carbons (Fsp3) is 1.00. The predicted octanol–water partition coefficient (Wildman–Crippen LogP) is 3.70. The first-order valence-electron chi connectivity index (χ1n) is 6.36. The average molecular weight is 211 g/mol. The molecule has 0 saturated carbocycles. The second-order valence-corrected chi connectivity index (χ2v) is 6.74. The maximum atomic E-state index is 2.62. The first-order chi connectivity index (χ1) is 6.61. The van der Waals surface area contributed by atoms with E-state index in [1.165, 1.54) is 20.4 Å². The van der Waals surface area contributed by atoms with Crippen molar-refractivity contribution >= 4 is 7.41 Å². The summed E-state index contributed by atoms with van der Waals surface area (Å²) in [5, 5.41) is 0.405. The topological polar surface area (TPSA) is 3.24 Å². The van der Waals surface area contributed by atoms with E-state index in [0.717, 1.165) is 5.92 Å². The van der Waals surface area contributed by atoms with Crippen molar-refractivity contribution in [3.05, 3.63) is 0 Å². The number of rotatable bonds is 5. The molecule has 0 bridgehead atoms. The maximum Gasteiger partial charge on any atom is 0.210 e. The van der Waals surface area contributed by atoms with Gasteiger partial charge >= 0.3 is 0 Å². The van der Waals surface area contributed by atoms with Gasteiger partial charge in [-0.2, -0.15) is 0 Å². The molecule has 0 N–H and O–H groups in total. The molecule has 90 valence electrons. The van der Waals surface area contributed by atoms with Crippen molar-refractivity contribution in [3.8, 4) is 0 Å². The van der Waals surface area contributed by atoms with Crippen LogP contribution in [-0.4, -0.2) is 24.3 Å². The Morgan fingerprint density at radius 1 is 1.07 bits per heavy atom. The van der Waals surface area contributed by atoms with Crippen molar-refractivity contribution in [1.82, 2.24) is 4.81 Å². The quantitative estimate of drug-likeness (QED) is 0.626. The van der Waals surface area contributed by atoms with Crippen LogP contribution in [0.4, 0.5) is 0 Å². The molecule has 0 spiro atoms. The summed E-state index contributed by atoms with van der Waals surface area (Å²) in [6.45, 7) is 19.8. The van der Waals surface area contributed by atoms with Gasteiger partial charge in [-0.05, 0) is 45.0 Å². The first-order valence-corrected chi connectivity index (χ1v) is 6.36. The predicted molar refractivity (Wildman–Crippen MR) is 72.8 cm³/mol. The van der Waals surface area contributed by atoms with Crippen LogP contribution in [0, 0.1) is 5.92 Å². The smallest absolute Gasteiger partial charge is 0.210 e. The van der Waals surface area contributed by atoms with Crippen LogP contribution in [0.1, 0.15) is 61.8 Å². The number of nitrogens with zero attached hydrogens (tertiary/aromatic N) is 1. The molecule has 0 saturated heterocycles. The Morgan fingerprint density at radius 3 is 1.80 bits per heavy atom. The van der Waals surface area contributed by atoms with E-state index in [1.54, 1.807) is 0 Å². The van der Waals surface area contributed by atoms with E-state index >= 15 is 0 Å². The van der Waals surface area contributed by atoms with Gasteiger partial charge in [0.25, 0.3) is 0 Å². The molecule has 0 aromatic rings. The van der Waals surface area contributed by atoms with Crippen LogP contribution in [-0.2, 0) is 0 Å². The molecule has 0 rings (SSSR count). The number of hydrogen-bond acceptors (Lipinski definition) is 1. The van der Waals surface area contributed by atoms with Crippen LogP contribution in [0.3, 0.4) is 0 Å². The summed E-state index contributed by atoms with van der Waals surface area (Å²) in [5.74, 6) is 0.735. The molecule has 2 heteroatoms. The van der Waals surface area contributed by atoms with Gasteiger partial charge in [-0.25, -0.2) is 0 Å². The second-order valence-electron chi connectivity index (χ2n) is 6.74. The SMILES string of the molecule is CCCN(BC(C)(C)C(C)C)C(C)(C)C. The summed E-state index contributed by atoms with van der Waals surface area (Å²) in [7, 11) is 1.20. The third kappa shape index (κ3) is 5.06. The molecule has 0 atom stereocenters. The Kier molecular flexibility index (Phi) is 5.39. The lowest BCUT2D eigenvalue weighted by Crippen LogP contribution is -2.48. The summed E-state index contributed by atoms with van der Waals surface area (Å²) in [6, 6.07) is 0. The van der Waals surface area contributed by atoms with Crippen LogP contribution in [0.25, 0.3) is 0 Å². The molecule has 0 heterocycles. The van der Waals surface area contributed by atoms with Gasteiger partial charge in [0, 0.05) is 5.54 Å². The van der Waals surface area contributed by atoms with Gasteiger partial charge < -0.3 is 4.81 Å². The minimum Gasteiger partial charge on any atom is -0.340 e. The molecule has 0 aromatic carbocycles. The van der Waals surface area contributed by atoms with Gasteiger partial charge in [0.05, 0.1) is 0 Å². The zero-order valence-electron chi connectivity index (χ0n) is 12.1. The molecule has 0 radical (unpaired) electrons. The molecule has 0 unspecified atom stereocenters. The Labute approximate surface area is 97.9 Å². The van der Waals surface area contributed by atoms with E-state index in [-0.39, 0.29) is 0 Å². The van der Waals surface area contributed by atoms with Gasteiger partial charge in [0.1, 0.15) is 0 Å². The molecule has 0 aliphatic heterocycles. The van der Waals surface area contributed by atoms with Gasteiger partial charge in [-0.3, -0.25) is 0 Å². The van der Waals surface area contributed by atoms with Crippen LogP contribution in [0.2, 0.25) is 5.31 Å². The lowest BCUT2D eigenvalue weighted by atomic mass is 9.55. The van der Waals surface area contributed by atoms with E-state index in [0.29, 0.717) is 10.9 Å². The minimum absolute atomic E-state index is 0.294. The summed E-state index contributed by atoms with van der Waals surface area (Å²) in [4.78, 5) is 2.62. The lowest BCUT2D eigenvalue weighted by Gasteiger charge is -2.42. The molecule has 0 fully saturated rings. The van der Waals surface area contributed by atoms with Crippen LogP contribution < -0.4 is 0 Å². The molecule has 0 aliphatic carbocycles. The van der Waals surface area contributed by atoms with E-state index in [1.807, 2.05) is 0 Å². The van der Waals surface area contributed by atoms with E-state index in [2.05, 4.69) is 60.2 Å². The van der Waals surface area contributed by atoms with Crippen molar-refractivity contribution in [2.24, 2.45) is 5.92 Å². The zero-order chi connectivity index (χ0) is 12.3. The Balaban J connectivity index is 4.55. The van der Waals surface area contributed by atoms with Crippen LogP contribution >= 0.6 is 0 Å². The van der Waals surface area contributed by atoms with Crippen molar-refractivity contribution in [2.45, 2.75) is 72.7 Å². The van der Waals surface area contributed by atoms with E-state index in [4.69, 9.17) is 0 Å². The molecule has 0 amide bonds. The van der Waals surface area contributed by atoms with Crippen molar-refractivity contribution in [2.75, 3.05) is 6.54 Å². The summed E-state index contributed by atoms with van der Waals surface area (Å²) >= 11 is 0. The molecule has 0 aromatic heterocycles. The lowest BCUT2D eigenvalue weighted by molar-refractivity contribution is 0.240. The van der Waals surface area contributed by atoms with E-state index < -0.39 is 0 Å². The average Bonchev–Trinajstić information content (AvgIpc) is 2.01. The Bertz CT molecular complexity index is 179. The normalized spacial score (nSPS) is 13.7. The fourth-order valence-corrected chi connectivity index (χ4v) is 1.60. The zero-order valence-corrected chi connectivity index (χ0v) is 12.1. The summed E-state index contributed by atoms with van der Waals surface area (Å²) < 4.78 is 0. The fourth-order valence-electron chi connectivity index (χ4n) is 1.60. The van der Waals surface area contributed by atoms with Crippen LogP contribution in [0.5, 0.6) is 0 Å². The van der Waals surface area contributed by atoms with Gasteiger partial charge in [-0.1, -0.05) is 34.6 Å². The van der Waals surface area contributed by atoms with Crippen molar-refractivity contribution in [3.63, 3.8) is 0 Å². The van der Waals surface area contributed by atoms with Crippen molar-refractivity contribution in [1.29, 1.82) is 0 Å². The van der Waals surface area contributed by atoms with Gasteiger partial charge in [-0.15, -0.1) is 0 Å². The monoisotopic (exact) mass is 211 g/mol. The van der Waals surface area contributed by atoms with Crippen LogP contribution in [0.15, 0.2) is 0 Å². The highest BCUT2D eigenvalue weighted by atomic mass is 15.1. The standard InChI is InChI=1S/C13H30BN/c1-9-10-15(12(4,5)6)14-13(7,8)11(2)3/h11,14H,9-10H2,1-8H3. The molecule has 1 nitrogen and oxygen atoms in total. The third-order valence-corrected chi connectivity index (χ3v) is 3.60. The number of hydrogen-bond donors (Lipinski definition) is 0. The molecule has 15 heavy (non-hydrogen) atoms. The molecule has 0 aliphatic rings. The van der Waals surface area contributed by atoms with E-state index in [9.17, 15) is 0 Å². The highest BCUT2D eigenvalue weighted by Gasteiger charge is 2.31. The second kappa shape index (κ2) is 5.38. The minimum atomic E-state index is 0.294. The van der Waals surface area contributed by atoms with Gasteiger partial charge in [0.15, 0.2) is 0 Å². The van der Waals surface area contributed by atoms with Gasteiger partial charge in [0.2, 0.25) is 7.41 Å². The Morgan fingerprint density at radius 2 is 1.53 bits per heavy atom. The Hall–Kier alpha value is 0.0249. The highest BCUT2D eigenvalue weighted by molar-refractivity contribution is 6.36. The third-order valence-electron chi connectivity index (χ3n) is 3.60. The molecular weight excluding hydrogens is 181 g/mol. The summed E-state index contributed by atoms with van der Waals surface area (Å²) in [6.07, 6.45) is 1.24. The summed E-state index contributed by atoms with van der Waals surface area (Å²) in [5.41, 5.74) is 0.294. The molecular formula is C13H30BN. The highest BCUT2D eigenvalue weighted by Crippen LogP contribution is 2.35.